The van der Waals surface area contributed by atoms with Gasteiger partial charge in [-0.3, -0.25) is 19.3 Å². The van der Waals surface area contributed by atoms with Crippen LogP contribution in [0.25, 0.3) is 10.9 Å². The van der Waals surface area contributed by atoms with E-state index in [9.17, 15) is 19.2 Å². The number of carbonyl (C=O) groups excluding carboxylic acids is 4. The van der Waals surface area contributed by atoms with Crippen molar-refractivity contribution < 1.29 is 23.9 Å². The van der Waals surface area contributed by atoms with Gasteiger partial charge in [-0.15, -0.1) is 0 Å². The number of aromatic nitrogens is 1. The first-order chi connectivity index (χ1) is 14.3. The van der Waals surface area contributed by atoms with Crippen LogP contribution in [0.2, 0.25) is 0 Å². The second-order valence-electron chi connectivity index (χ2n) is 7.32. The quantitative estimate of drug-likeness (QED) is 0.400. The summed E-state index contributed by atoms with van der Waals surface area (Å²) in [5.74, 6) is -2.27. The van der Waals surface area contributed by atoms with Gasteiger partial charge in [0.05, 0.1) is 11.1 Å². The van der Waals surface area contributed by atoms with Crippen molar-refractivity contribution in [3.05, 3.63) is 70.9 Å². The minimum Gasteiger partial charge on any atom is -0.453 e. The van der Waals surface area contributed by atoms with Crippen LogP contribution < -0.4 is 0 Å². The summed E-state index contributed by atoms with van der Waals surface area (Å²) in [6.07, 6.45) is -1.08. The van der Waals surface area contributed by atoms with Crippen LogP contribution in [0.3, 0.4) is 0 Å². The van der Waals surface area contributed by atoms with Crippen molar-refractivity contribution in [2.75, 3.05) is 0 Å². The Bertz CT molecular complexity index is 1170. The SMILES string of the molecule is Cc1[nH]c2ccccc2c1C(=O)[C@@H](C)OC(=O)[C@H](C)N1C(=O)c2ccccc2C1=O. The lowest BCUT2D eigenvalue weighted by molar-refractivity contribution is -0.150. The molecule has 2 amide bonds. The number of nitrogens with one attached hydrogen (secondary N) is 1. The molecule has 0 aliphatic carbocycles. The molecule has 152 valence electrons. The maximum atomic E-state index is 13.0. The Morgan fingerprint density at radius 2 is 1.50 bits per heavy atom. The van der Waals surface area contributed by atoms with Gasteiger partial charge >= 0.3 is 5.97 Å². The lowest BCUT2D eigenvalue weighted by Gasteiger charge is -2.22. The predicted molar refractivity (Wildman–Crippen MR) is 109 cm³/mol. The molecular weight excluding hydrogens is 384 g/mol. The third-order valence-corrected chi connectivity index (χ3v) is 5.36. The molecule has 1 aromatic heterocycles. The average molecular weight is 404 g/mol. The van der Waals surface area contributed by atoms with Crippen LogP contribution in [0, 0.1) is 6.92 Å². The highest BCUT2D eigenvalue weighted by molar-refractivity contribution is 6.22. The van der Waals surface area contributed by atoms with Crippen LogP contribution in [0.1, 0.15) is 50.6 Å². The predicted octanol–water partition coefficient (Wildman–Crippen LogP) is 3.28. The standard InChI is InChI=1S/C23H20N2O5/c1-12-19(17-10-6-7-11-18(17)24-12)20(26)14(3)30-23(29)13(2)25-21(27)15-8-4-5-9-16(15)22(25)28/h4-11,13-14,24H,1-3H3/t13-,14+/m0/s1. The number of aryl methyl sites for hydroxylation is 1. The summed E-state index contributed by atoms with van der Waals surface area (Å²) in [7, 11) is 0. The topological polar surface area (TPSA) is 96.5 Å². The molecule has 7 nitrogen and oxygen atoms in total. The summed E-state index contributed by atoms with van der Waals surface area (Å²) >= 11 is 0. The third-order valence-electron chi connectivity index (χ3n) is 5.36. The molecule has 0 saturated heterocycles. The summed E-state index contributed by atoms with van der Waals surface area (Å²) in [5.41, 5.74) is 2.45. The van der Waals surface area contributed by atoms with Gasteiger partial charge in [0.2, 0.25) is 5.78 Å². The Balaban J connectivity index is 1.52. The number of nitrogens with zero attached hydrogens (tertiary/aromatic N) is 1. The summed E-state index contributed by atoms with van der Waals surface area (Å²) in [5, 5.41) is 0.747. The highest BCUT2D eigenvalue weighted by Gasteiger charge is 2.42. The van der Waals surface area contributed by atoms with Gasteiger partial charge in [0, 0.05) is 22.2 Å². The lowest BCUT2D eigenvalue weighted by atomic mass is 10.0. The number of Topliss-reactive ketones (excluding diaryl/α,β-unsaturated/α-hetero) is 1. The molecule has 0 fully saturated rings. The Hall–Kier alpha value is -3.74. The largest absolute Gasteiger partial charge is 0.453 e. The van der Waals surface area contributed by atoms with E-state index in [4.69, 9.17) is 4.74 Å². The van der Waals surface area contributed by atoms with Crippen molar-refractivity contribution in [2.45, 2.75) is 32.9 Å². The van der Waals surface area contributed by atoms with Crippen LogP contribution in [0.15, 0.2) is 48.5 Å². The number of ketones is 1. The first-order valence-corrected chi connectivity index (χ1v) is 9.60. The van der Waals surface area contributed by atoms with Gasteiger partial charge in [-0.2, -0.15) is 0 Å². The van der Waals surface area contributed by atoms with E-state index in [1.807, 2.05) is 24.3 Å². The summed E-state index contributed by atoms with van der Waals surface area (Å²) in [6.45, 7) is 4.68. The molecule has 2 atom stereocenters. The molecule has 0 radical (unpaired) electrons. The molecule has 0 unspecified atom stereocenters. The van der Waals surface area contributed by atoms with Crippen LogP contribution in [-0.4, -0.2) is 45.6 Å². The van der Waals surface area contributed by atoms with Gasteiger partial charge in [-0.05, 0) is 39.0 Å². The number of ether oxygens (including phenoxy) is 1. The number of aromatic amines is 1. The van der Waals surface area contributed by atoms with Crippen LogP contribution >= 0.6 is 0 Å². The van der Waals surface area contributed by atoms with Gasteiger partial charge < -0.3 is 9.72 Å². The van der Waals surface area contributed by atoms with Crippen molar-refractivity contribution >= 4 is 34.5 Å². The fourth-order valence-electron chi connectivity index (χ4n) is 3.79. The second kappa shape index (κ2) is 7.26. The summed E-state index contributed by atoms with van der Waals surface area (Å²) in [6, 6.07) is 12.6. The fraction of sp³-hybridized carbons (Fsp3) is 0.217. The van der Waals surface area contributed by atoms with Gasteiger partial charge in [0.1, 0.15) is 6.04 Å². The van der Waals surface area contributed by atoms with Crippen LogP contribution in [0.4, 0.5) is 0 Å². The molecule has 1 N–H and O–H groups in total. The van der Waals surface area contributed by atoms with Gasteiger partial charge in [0.15, 0.2) is 6.10 Å². The van der Waals surface area contributed by atoms with E-state index in [1.165, 1.54) is 13.8 Å². The molecule has 2 heterocycles. The van der Waals surface area contributed by atoms with E-state index in [1.54, 1.807) is 31.2 Å². The smallest absolute Gasteiger partial charge is 0.329 e. The van der Waals surface area contributed by atoms with E-state index in [0.29, 0.717) is 11.3 Å². The number of amides is 2. The molecule has 2 aromatic carbocycles. The molecule has 1 aliphatic heterocycles. The first-order valence-electron chi connectivity index (χ1n) is 9.60. The Kier molecular flexibility index (Phi) is 4.73. The monoisotopic (exact) mass is 404 g/mol. The van der Waals surface area contributed by atoms with Crippen molar-refractivity contribution in [3.63, 3.8) is 0 Å². The highest BCUT2D eigenvalue weighted by atomic mass is 16.5. The maximum absolute atomic E-state index is 13.0. The zero-order valence-corrected chi connectivity index (χ0v) is 16.8. The minimum atomic E-state index is -1.16. The number of para-hydroxylation sites is 1. The zero-order valence-electron chi connectivity index (χ0n) is 16.8. The molecule has 1 aliphatic rings. The molecule has 0 saturated carbocycles. The molecule has 30 heavy (non-hydrogen) atoms. The number of esters is 1. The van der Waals surface area contributed by atoms with Crippen molar-refractivity contribution in [2.24, 2.45) is 0 Å². The van der Waals surface area contributed by atoms with E-state index in [2.05, 4.69) is 4.98 Å². The van der Waals surface area contributed by atoms with Crippen molar-refractivity contribution in [3.8, 4) is 0 Å². The highest BCUT2D eigenvalue weighted by Crippen LogP contribution is 2.26. The van der Waals surface area contributed by atoms with Gasteiger partial charge in [-0.1, -0.05) is 30.3 Å². The van der Waals surface area contributed by atoms with Crippen LogP contribution in [0.5, 0.6) is 0 Å². The summed E-state index contributed by atoms with van der Waals surface area (Å²) < 4.78 is 5.36. The number of carbonyl (C=O) groups is 4. The molecule has 7 heteroatoms. The first kappa shape index (κ1) is 19.6. The normalized spacial score (nSPS) is 15.2. The van der Waals surface area contributed by atoms with E-state index >= 15 is 0 Å². The fourth-order valence-corrected chi connectivity index (χ4v) is 3.79. The number of rotatable bonds is 5. The second-order valence-corrected chi connectivity index (χ2v) is 7.32. The van der Waals surface area contributed by atoms with Crippen molar-refractivity contribution in [1.29, 1.82) is 0 Å². The van der Waals surface area contributed by atoms with E-state index in [0.717, 1.165) is 15.8 Å². The Labute approximate surface area is 172 Å². The Morgan fingerprint density at radius 1 is 0.933 bits per heavy atom. The molecule has 3 aromatic rings. The minimum absolute atomic E-state index is 0.251. The van der Waals surface area contributed by atoms with Gasteiger partial charge in [-0.25, -0.2) is 4.79 Å². The number of hydrogen-bond acceptors (Lipinski definition) is 5. The molecule has 0 spiro atoms. The number of hydrogen-bond donors (Lipinski definition) is 1. The maximum Gasteiger partial charge on any atom is 0.329 e. The zero-order chi connectivity index (χ0) is 21.6. The number of fused-ring (bicyclic) bond motifs is 2. The molecular formula is C23H20N2O5. The van der Waals surface area contributed by atoms with E-state index in [-0.39, 0.29) is 16.9 Å². The van der Waals surface area contributed by atoms with Crippen molar-refractivity contribution in [1.82, 2.24) is 9.88 Å². The number of H-pyrrole nitrogens is 1. The summed E-state index contributed by atoms with van der Waals surface area (Å²) in [4.78, 5) is 54.8. The van der Waals surface area contributed by atoms with E-state index < -0.39 is 29.9 Å². The Morgan fingerprint density at radius 3 is 2.13 bits per heavy atom. The molecule has 4 rings (SSSR count). The molecule has 0 bridgehead atoms. The van der Waals surface area contributed by atoms with Crippen LogP contribution in [-0.2, 0) is 9.53 Å². The third kappa shape index (κ3) is 2.99. The number of benzene rings is 2. The number of imide groups is 1. The lowest BCUT2D eigenvalue weighted by Crippen LogP contribution is -2.45. The van der Waals surface area contributed by atoms with Gasteiger partial charge in [0.25, 0.3) is 11.8 Å². The average Bonchev–Trinajstić information content (AvgIpc) is 3.20.